The van der Waals surface area contributed by atoms with Crippen LogP contribution in [-0.4, -0.2) is 28.5 Å². The van der Waals surface area contributed by atoms with E-state index in [1.165, 1.54) is 23.9 Å². The van der Waals surface area contributed by atoms with Gasteiger partial charge in [-0.05, 0) is 37.5 Å². The van der Waals surface area contributed by atoms with Gasteiger partial charge < -0.3 is 15.2 Å². The van der Waals surface area contributed by atoms with E-state index in [1.54, 1.807) is 13.0 Å². The van der Waals surface area contributed by atoms with Gasteiger partial charge in [-0.3, -0.25) is 14.6 Å². The molecule has 0 aliphatic carbocycles. The van der Waals surface area contributed by atoms with E-state index in [1.807, 2.05) is 18.2 Å². The van der Waals surface area contributed by atoms with Crippen molar-refractivity contribution < 1.29 is 14.1 Å². The number of carbonyl (C=O) groups excluding carboxylic acids is 2. The number of aryl methyl sites for hydroxylation is 2. The summed E-state index contributed by atoms with van der Waals surface area (Å²) in [5.74, 6) is 0.218. The smallest absolute Gasteiger partial charge is 0.269 e. The van der Waals surface area contributed by atoms with Crippen LogP contribution in [0, 0.1) is 6.92 Å². The maximum absolute atomic E-state index is 12.3. The monoisotopic (exact) mass is 364 g/mol. The number of nitrogens with one attached hydrogen (secondary N) is 2. The molecule has 0 fully saturated rings. The van der Waals surface area contributed by atoms with E-state index in [0.29, 0.717) is 23.7 Å². The van der Waals surface area contributed by atoms with Crippen LogP contribution in [0.3, 0.4) is 0 Å². The van der Waals surface area contributed by atoms with Crippen LogP contribution in [0.1, 0.15) is 38.6 Å². The molecule has 0 atom stereocenters. The second kappa shape index (κ2) is 8.75. The lowest BCUT2D eigenvalue weighted by Crippen LogP contribution is -2.26. The summed E-state index contributed by atoms with van der Waals surface area (Å²) in [4.78, 5) is 28.6. The second-order valence-electron chi connectivity index (χ2n) is 6.05. The number of aromatic nitrogens is 2. The number of hydrogen-bond donors (Lipinski definition) is 2. The Labute approximate surface area is 156 Å². The SMILES string of the molecule is Cc1cc(NC(=O)c2ccnc(C(=O)NCCCc3ccccc3)c2)no1. The van der Waals surface area contributed by atoms with Crippen LogP contribution in [0.5, 0.6) is 0 Å². The summed E-state index contributed by atoms with van der Waals surface area (Å²) < 4.78 is 4.91. The highest BCUT2D eigenvalue weighted by atomic mass is 16.5. The van der Waals surface area contributed by atoms with Gasteiger partial charge in [-0.15, -0.1) is 0 Å². The van der Waals surface area contributed by atoms with Crippen LogP contribution >= 0.6 is 0 Å². The van der Waals surface area contributed by atoms with E-state index in [-0.39, 0.29) is 17.5 Å². The van der Waals surface area contributed by atoms with E-state index < -0.39 is 0 Å². The fourth-order valence-corrected chi connectivity index (χ4v) is 2.54. The van der Waals surface area contributed by atoms with Crippen LogP contribution in [0.4, 0.5) is 5.82 Å². The molecule has 2 N–H and O–H groups in total. The maximum atomic E-state index is 12.3. The van der Waals surface area contributed by atoms with E-state index in [2.05, 4.69) is 32.9 Å². The van der Waals surface area contributed by atoms with E-state index >= 15 is 0 Å². The van der Waals surface area contributed by atoms with Gasteiger partial charge in [0.05, 0.1) is 0 Å². The molecule has 2 heterocycles. The van der Waals surface area contributed by atoms with Crippen molar-refractivity contribution in [2.75, 3.05) is 11.9 Å². The molecule has 2 aromatic heterocycles. The number of nitrogens with zero attached hydrogens (tertiary/aromatic N) is 2. The first-order chi connectivity index (χ1) is 13.1. The van der Waals surface area contributed by atoms with Crippen LogP contribution in [0.15, 0.2) is 59.3 Å². The summed E-state index contributed by atoms with van der Waals surface area (Å²) in [5, 5.41) is 9.15. The predicted octanol–water partition coefficient (Wildman–Crippen LogP) is 2.99. The standard InChI is InChI=1S/C20H20N4O3/c1-14-12-18(24-27-14)23-19(25)16-9-11-21-17(13-16)20(26)22-10-5-8-15-6-3-2-4-7-15/h2-4,6-7,9,11-13H,5,8,10H2,1H3,(H,22,26)(H,23,24,25). The second-order valence-corrected chi connectivity index (χ2v) is 6.05. The van der Waals surface area contributed by atoms with Gasteiger partial charge in [0.1, 0.15) is 11.5 Å². The third-order valence-electron chi connectivity index (χ3n) is 3.89. The molecule has 0 aliphatic heterocycles. The van der Waals surface area contributed by atoms with Gasteiger partial charge in [0, 0.05) is 24.4 Å². The number of hydrogen-bond acceptors (Lipinski definition) is 5. The van der Waals surface area contributed by atoms with Gasteiger partial charge in [0.15, 0.2) is 5.82 Å². The van der Waals surface area contributed by atoms with Crippen molar-refractivity contribution in [3.8, 4) is 0 Å². The molecule has 0 radical (unpaired) electrons. The first-order valence-electron chi connectivity index (χ1n) is 8.64. The first kappa shape index (κ1) is 18.3. The molecule has 1 aromatic carbocycles. The molecule has 0 unspecified atom stereocenters. The van der Waals surface area contributed by atoms with Crippen molar-refractivity contribution >= 4 is 17.6 Å². The summed E-state index contributed by atoms with van der Waals surface area (Å²) in [6, 6.07) is 14.7. The number of pyridine rings is 1. The van der Waals surface area contributed by atoms with Crippen LogP contribution in [-0.2, 0) is 6.42 Å². The average molecular weight is 364 g/mol. The summed E-state index contributed by atoms with van der Waals surface area (Å²) in [6.45, 7) is 2.26. The van der Waals surface area contributed by atoms with Crippen molar-refractivity contribution in [1.82, 2.24) is 15.5 Å². The molecule has 0 bridgehead atoms. The Balaban J connectivity index is 1.52. The lowest BCUT2D eigenvalue weighted by molar-refractivity contribution is 0.0948. The Kier molecular flexibility index (Phi) is 5.94. The number of carbonyl (C=O) groups is 2. The lowest BCUT2D eigenvalue weighted by Gasteiger charge is -2.06. The largest absolute Gasteiger partial charge is 0.360 e. The molecular weight excluding hydrogens is 344 g/mol. The fourth-order valence-electron chi connectivity index (χ4n) is 2.54. The van der Waals surface area contributed by atoms with Gasteiger partial charge in [0.25, 0.3) is 11.8 Å². The number of rotatable bonds is 7. The molecule has 2 amide bonds. The Morgan fingerprint density at radius 3 is 2.63 bits per heavy atom. The zero-order chi connectivity index (χ0) is 19.1. The molecule has 3 aromatic rings. The zero-order valence-corrected chi connectivity index (χ0v) is 14.9. The van der Waals surface area contributed by atoms with E-state index in [9.17, 15) is 9.59 Å². The summed E-state index contributed by atoms with van der Waals surface area (Å²) in [5.41, 5.74) is 1.74. The summed E-state index contributed by atoms with van der Waals surface area (Å²) in [6.07, 6.45) is 3.14. The maximum Gasteiger partial charge on any atom is 0.269 e. The van der Waals surface area contributed by atoms with Crippen molar-refractivity contribution in [3.05, 3.63) is 77.3 Å². The highest BCUT2D eigenvalue weighted by molar-refractivity contribution is 6.05. The zero-order valence-electron chi connectivity index (χ0n) is 14.9. The predicted molar refractivity (Wildman–Crippen MR) is 101 cm³/mol. The van der Waals surface area contributed by atoms with Gasteiger partial charge in [-0.2, -0.15) is 0 Å². The molecule has 0 aliphatic rings. The molecule has 7 heteroatoms. The number of anilines is 1. The van der Waals surface area contributed by atoms with Gasteiger partial charge in [0.2, 0.25) is 0 Å². The highest BCUT2D eigenvalue weighted by Crippen LogP contribution is 2.10. The third kappa shape index (κ3) is 5.24. The summed E-state index contributed by atoms with van der Waals surface area (Å²) in [7, 11) is 0. The molecule has 0 saturated carbocycles. The Morgan fingerprint density at radius 2 is 1.89 bits per heavy atom. The number of amides is 2. The molecule has 0 saturated heterocycles. The normalized spacial score (nSPS) is 10.4. The fraction of sp³-hybridized carbons (Fsp3) is 0.200. The molecule has 3 rings (SSSR count). The minimum Gasteiger partial charge on any atom is -0.360 e. The van der Waals surface area contributed by atoms with E-state index in [4.69, 9.17) is 4.52 Å². The van der Waals surface area contributed by atoms with Crippen molar-refractivity contribution in [2.45, 2.75) is 19.8 Å². The molecule has 138 valence electrons. The van der Waals surface area contributed by atoms with Crippen molar-refractivity contribution in [3.63, 3.8) is 0 Å². The minimum atomic E-state index is -0.385. The highest BCUT2D eigenvalue weighted by Gasteiger charge is 2.13. The van der Waals surface area contributed by atoms with E-state index in [0.717, 1.165) is 12.8 Å². The Morgan fingerprint density at radius 1 is 1.07 bits per heavy atom. The van der Waals surface area contributed by atoms with Gasteiger partial charge >= 0.3 is 0 Å². The van der Waals surface area contributed by atoms with Crippen molar-refractivity contribution in [1.29, 1.82) is 0 Å². The molecule has 0 spiro atoms. The Bertz CT molecular complexity index is 922. The van der Waals surface area contributed by atoms with Gasteiger partial charge in [-0.25, -0.2) is 0 Å². The molecule has 7 nitrogen and oxygen atoms in total. The first-order valence-corrected chi connectivity index (χ1v) is 8.64. The van der Waals surface area contributed by atoms with Gasteiger partial charge in [-0.1, -0.05) is 35.5 Å². The average Bonchev–Trinajstić information content (AvgIpc) is 3.10. The topological polar surface area (TPSA) is 97.1 Å². The Hall–Kier alpha value is -3.48. The number of benzene rings is 1. The molecule has 27 heavy (non-hydrogen) atoms. The third-order valence-corrected chi connectivity index (χ3v) is 3.89. The van der Waals surface area contributed by atoms with Crippen molar-refractivity contribution in [2.24, 2.45) is 0 Å². The van der Waals surface area contributed by atoms with Crippen LogP contribution in [0.25, 0.3) is 0 Å². The molecular formula is C20H20N4O3. The van der Waals surface area contributed by atoms with Crippen LogP contribution in [0.2, 0.25) is 0 Å². The summed E-state index contributed by atoms with van der Waals surface area (Å²) >= 11 is 0. The van der Waals surface area contributed by atoms with Crippen LogP contribution < -0.4 is 10.6 Å². The quantitative estimate of drug-likeness (QED) is 0.628. The lowest BCUT2D eigenvalue weighted by atomic mass is 10.1. The minimum absolute atomic E-state index is 0.193.